The molecule has 0 spiro atoms. The molecule has 0 atom stereocenters. The van der Waals surface area contributed by atoms with Crippen LogP contribution in [-0.2, 0) is 16.6 Å². The number of carbonyl (C=O) groups excluding carboxylic acids is 1. The maximum atomic E-state index is 12.5. The maximum Gasteiger partial charge on any atom is 0.253 e. The molecule has 2 rings (SSSR count). The van der Waals surface area contributed by atoms with Crippen molar-refractivity contribution in [3.8, 4) is 0 Å². The number of benzene rings is 2. The molecule has 5 nitrogen and oxygen atoms in total. The molecule has 0 bridgehead atoms. The van der Waals surface area contributed by atoms with E-state index in [1.165, 1.54) is 17.0 Å². The van der Waals surface area contributed by atoms with Crippen LogP contribution in [0.5, 0.6) is 0 Å². The molecule has 2 aromatic rings. The van der Waals surface area contributed by atoms with Crippen LogP contribution >= 0.6 is 11.8 Å². The van der Waals surface area contributed by atoms with Gasteiger partial charge in [-0.15, -0.1) is 11.8 Å². The summed E-state index contributed by atoms with van der Waals surface area (Å²) < 4.78 is 26.3. The lowest BCUT2D eigenvalue weighted by atomic mass is 10.1. The van der Waals surface area contributed by atoms with E-state index in [1.807, 2.05) is 30.5 Å². The molecule has 134 valence electrons. The molecule has 0 fully saturated rings. The molecule has 0 heterocycles. The van der Waals surface area contributed by atoms with Gasteiger partial charge in [0, 0.05) is 30.6 Å². The van der Waals surface area contributed by atoms with Crippen molar-refractivity contribution in [1.29, 1.82) is 0 Å². The molecule has 0 radical (unpaired) electrons. The zero-order chi connectivity index (χ0) is 18.4. The molecule has 7 heteroatoms. The summed E-state index contributed by atoms with van der Waals surface area (Å²) in [6, 6.07) is 14.0. The number of nitrogens with zero attached hydrogens (tertiary/aromatic N) is 1. The lowest BCUT2D eigenvalue weighted by Gasteiger charge is -2.18. The van der Waals surface area contributed by atoms with Crippen molar-refractivity contribution in [2.75, 3.05) is 19.8 Å². The molecule has 0 aliphatic heterocycles. The van der Waals surface area contributed by atoms with E-state index in [1.54, 1.807) is 42.8 Å². The Kier molecular flexibility index (Phi) is 6.64. The van der Waals surface area contributed by atoms with Crippen LogP contribution in [0, 0.1) is 0 Å². The minimum atomic E-state index is -3.51. The van der Waals surface area contributed by atoms with Gasteiger partial charge in [0.2, 0.25) is 10.0 Å². The highest BCUT2D eigenvalue weighted by molar-refractivity contribution is 7.98. The van der Waals surface area contributed by atoms with Crippen LogP contribution in [0.25, 0.3) is 0 Å². The highest BCUT2D eigenvalue weighted by atomic mass is 32.2. The van der Waals surface area contributed by atoms with E-state index in [0.29, 0.717) is 18.7 Å². The van der Waals surface area contributed by atoms with Crippen LogP contribution in [0.4, 0.5) is 0 Å². The number of rotatable bonds is 7. The van der Waals surface area contributed by atoms with Gasteiger partial charge in [-0.05, 0) is 48.2 Å². The number of hydrogen-bond acceptors (Lipinski definition) is 4. The zero-order valence-electron chi connectivity index (χ0n) is 14.5. The third kappa shape index (κ3) is 5.07. The molecule has 0 saturated heterocycles. The van der Waals surface area contributed by atoms with Gasteiger partial charge < -0.3 is 4.90 Å². The van der Waals surface area contributed by atoms with E-state index < -0.39 is 10.0 Å². The summed E-state index contributed by atoms with van der Waals surface area (Å²) in [7, 11) is -1.77. The van der Waals surface area contributed by atoms with Crippen molar-refractivity contribution in [3.63, 3.8) is 0 Å². The first kappa shape index (κ1) is 19.5. The van der Waals surface area contributed by atoms with Gasteiger partial charge in [0.05, 0.1) is 4.90 Å². The van der Waals surface area contributed by atoms with E-state index in [4.69, 9.17) is 0 Å². The van der Waals surface area contributed by atoms with Crippen LogP contribution in [0.2, 0.25) is 0 Å². The molecule has 0 aliphatic carbocycles. The molecule has 1 amide bonds. The Balaban J connectivity index is 2.08. The summed E-state index contributed by atoms with van der Waals surface area (Å²) in [5.41, 5.74) is 1.50. The second kappa shape index (κ2) is 8.51. The predicted octanol–water partition coefficient (Wildman–Crippen LogP) is 2.98. The summed E-state index contributed by atoms with van der Waals surface area (Å²) in [5.74, 6) is -0.152. The average molecular weight is 379 g/mol. The number of sulfonamides is 1. The van der Waals surface area contributed by atoms with Crippen molar-refractivity contribution in [3.05, 3.63) is 59.7 Å². The number of hydrogen-bond donors (Lipinski definition) is 1. The normalized spacial score (nSPS) is 11.3. The summed E-state index contributed by atoms with van der Waals surface area (Å²) in [6.45, 7) is 2.53. The smallest absolute Gasteiger partial charge is 0.253 e. The maximum absolute atomic E-state index is 12.5. The SMILES string of the molecule is CCNS(=O)(=O)c1ccc(C(=O)N(C)Cc2ccc(SC)cc2)cc1. The fraction of sp³-hybridized carbons (Fsp3) is 0.278. The number of amides is 1. The van der Waals surface area contributed by atoms with Gasteiger partial charge in [-0.1, -0.05) is 19.1 Å². The first-order valence-electron chi connectivity index (χ1n) is 7.85. The monoisotopic (exact) mass is 378 g/mol. The van der Waals surface area contributed by atoms with Crippen LogP contribution in [0.15, 0.2) is 58.3 Å². The van der Waals surface area contributed by atoms with Gasteiger partial charge in [-0.25, -0.2) is 13.1 Å². The van der Waals surface area contributed by atoms with Crippen molar-refractivity contribution >= 4 is 27.7 Å². The lowest BCUT2D eigenvalue weighted by Crippen LogP contribution is -2.26. The van der Waals surface area contributed by atoms with Crippen molar-refractivity contribution in [1.82, 2.24) is 9.62 Å². The molecule has 25 heavy (non-hydrogen) atoms. The molecule has 0 saturated carbocycles. The standard InChI is InChI=1S/C18H22N2O3S2/c1-4-19-25(22,23)17-11-7-15(8-12-17)18(21)20(2)13-14-5-9-16(24-3)10-6-14/h5-12,19H,4,13H2,1-3H3. The van der Waals surface area contributed by atoms with Gasteiger partial charge in [-0.2, -0.15) is 0 Å². The van der Waals surface area contributed by atoms with E-state index in [2.05, 4.69) is 4.72 Å². The summed E-state index contributed by atoms with van der Waals surface area (Å²) in [6.07, 6.45) is 2.02. The highest BCUT2D eigenvalue weighted by Gasteiger charge is 2.16. The fourth-order valence-electron chi connectivity index (χ4n) is 2.35. The molecular weight excluding hydrogens is 356 g/mol. The first-order chi connectivity index (χ1) is 11.9. The van der Waals surface area contributed by atoms with Crippen LogP contribution in [-0.4, -0.2) is 39.1 Å². The van der Waals surface area contributed by atoms with E-state index >= 15 is 0 Å². The molecule has 0 unspecified atom stereocenters. The Morgan fingerprint density at radius 3 is 2.20 bits per heavy atom. The largest absolute Gasteiger partial charge is 0.337 e. The van der Waals surface area contributed by atoms with Crippen molar-refractivity contribution < 1.29 is 13.2 Å². The summed E-state index contributed by atoms with van der Waals surface area (Å²) in [4.78, 5) is 15.5. The topological polar surface area (TPSA) is 66.5 Å². The third-order valence-corrected chi connectivity index (χ3v) is 5.98. The van der Waals surface area contributed by atoms with E-state index in [-0.39, 0.29) is 10.8 Å². The van der Waals surface area contributed by atoms with Gasteiger partial charge in [0.1, 0.15) is 0 Å². The van der Waals surface area contributed by atoms with Crippen LogP contribution < -0.4 is 4.72 Å². The molecule has 1 N–H and O–H groups in total. The quantitative estimate of drug-likeness (QED) is 0.752. The molecule has 0 aliphatic rings. The van der Waals surface area contributed by atoms with Crippen LogP contribution in [0.3, 0.4) is 0 Å². The number of nitrogens with one attached hydrogen (secondary N) is 1. The van der Waals surface area contributed by atoms with Gasteiger partial charge >= 0.3 is 0 Å². The number of carbonyl (C=O) groups is 1. The molecule has 2 aromatic carbocycles. The Labute approximate surface area is 153 Å². The minimum Gasteiger partial charge on any atom is -0.337 e. The lowest BCUT2D eigenvalue weighted by molar-refractivity contribution is 0.0785. The summed E-state index contributed by atoms with van der Waals surface area (Å²) in [5, 5.41) is 0. The number of thioether (sulfide) groups is 1. The highest BCUT2D eigenvalue weighted by Crippen LogP contribution is 2.17. The Hall–Kier alpha value is -1.83. The first-order valence-corrected chi connectivity index (χ1v) is 10.6. The molecular formula is C18H22N2O3S2. The third-order valence-electron chi connectivity index (χ3n) is 3.67. The Bertz CT molecular complexity index is 816. The summed E-state index contributed by atoms with van der Waals surface area (Å²) >= 11 is 1.67. The Morgan fingerprint density at radius 1 is 1.08 bits per heavy atom. The minimum absolute atomic E-state index is 0.152. The van der Waals surface area contributed by atoms with Gasteiger partial charge in [0.25, 0.3) is 5.91 Å². The van der Waals surface area contributed by atoms with E-state index in [9.17, 15) is 13.2 Å². The van der Waals surface area contributed by atoms with E-state index in [0.717, 1.165) is 5.56 Å². The Morgan fingerprint density at radius 2 is 1.68 bits per heavy atom. The van der Waals surface area contributed by atoms with Crippen LogP contribution in [0.1, 0.15) is 22.8 Å². The van der Waals surface area contributed by atoms with Crippen molar-refractivity contribution in [2.45, 2.75) is 23.3 Å². The van der Waals surface area contributed by atoms with Crippen molar-refractivity contribution in [2.24, 2.45) is 0 Å². The fourth-order valence-corrected chi connectivity index (χ4v) is 3.80. The predicted molar refractivity (Wildman–Crippen MR) is 101 cm³/mol. The average Bonchev–Trinajstić information content (AvgIpc) is 2.61. The zero-order valence-corrected chi connectivity index (χ0v) is 16.2. The second-order valence-corrected chi connectivity index (χ2v) is 8.18. The van der Waals surface area contributed by atoms with Gasteiger partial charge in [0.15, 0.2) is 0 Å². The molecule has 0 aromatic heterocycles. The van der Waals surface area contributed by atoms with Gasteiger partial charge in [-0.3, -0.25) is 4.79 Å². The second-order valence-electron chi connectivity index (χ2n) is 5.53.